The molecule has 0 fully saturated rings. The van der Waals surface area contributed by atoms with Crippen LogP contribution in [0.1, 0.15) is 32.4 Å². The molecule has 2 aromatic carbocycles. The first-order valence-corrected chi connectivity index (χ1v) is 9.82. The number of hydrogen-bond acceptors (Lipinski definition) is 4. The monoisotopic (exact) mass is 390 g/mol. The van der Waals surface area contributed by atoms with Crippen molar-refractivity contribution in [1.82, 2.24) is 10.2 Å². The minimum absolute atomic E-state index is 0.127. The summed E-state index contributed by atoms with van der Waals surface area (Å²) in [5, 5.41) is 4.92. The molecule has 140 valence electrons. The maximum Gasteiger partial charge on any atom is 0.261 e. The number of thiophene rings is 1. The molecular weight excluding hydrogens is 372 g/mol. The van der Waals surface area contributed by atoms with Gasteiger partial charge in [-0.05, 0) is 28.6 Å². The smallest absolute Gasteiger partial charge is 0.261 e. The molecule has 28 heavy (non-hydrogen) atoms. The van der Waals surface area contributed by atoms with E-state index in [2.05, 4.69) is 5.32 Å². The molecule has 5 nitrogen and oxygen atoms in total. The van der Waals surface area contributed by atoms with Crippen molar-refractivity contribution < 1.29 is 14.4 Å². The van der Waals surface area contributed by atoms with Crippen LogP contribution in [0.5, 0.6) is 0 Å². The molecule has 0 saturated carbocycles. The summed E-state index contributed by atoms with van der Waals surface area (Å²) in [5.41, 5.74) is 2.13. The molecule has 1 aliphatic heterocycles. The fourth-order valence-corrected chi connectivity index (χ4v) is 4.13. The summed E-state index contributed by atoms with van der Waals surface area (Å²) in [6.07, 6.45) is 0.127. The van der Waals surface area contributed by atoms with E-state index in [1.165, 1.54) is 0 Å². The van der Waals surface area contributed by atoms with Gasteiger partial charge in [0.25, 0.3) is 5.91 Å². The van der Waals surface area contributed by atoms with Crippen molar-refractivity contribution in [3.05, 3.63) is 93.7 Å². The molecule has 4 rings (SSSR count). The van der Waals surface area contributed by atoms with Crippen molar-refractivity contribution in [3.63, 3.8) is 0 Å². The van der Waals surface area contributed by atoms with Gasteiger partial charge in [0.15, 0.2) is 0 Å². The van der Waals surface area contributed by atoms with Gasteiger partial charge >= 0.3 is 0 Å². The maximum atomic E-state index is 12.7. The highest BCUT2D eigenvalue weighted by molar-refractivity contribution is 7.10. The quantitative estimate of drug-likeness (QED) is 0.681. The van der Waals surface area contributed by atoms with Crippen LogP contribution in [-0.4, -0.2) is 29.2 Å². The highest BCUT2D eigenvalue weighted by atomic mass is 32.1. The summed E-state index contributed by atoms with van der Waals surface area (Å²) >= 11 is 1.54. The second-order valence-corrected chi connectivity index (χ2v) is 7.52. The Hall–Kier alpha value is -3.25. The lowest BCUT2D eigenvalue weighted by atomic mass is 9.98. The van der Waals surface area contributed by atoms with E-state index in [1.54, 1.807) is 35.6 Å². The number of rotatable bonds is 5. The Morgan fingerprint density at radius 3 is 2.50 bits per heavy atom. The van der Waals surface area contributed by atoms with Crippen LogP contribution in [0.15, 0.2) is 72.1 Å². The van der Waals surface area contributed by atoms with Gasteiger partial charge in [0, 0.05) is 10.4 Å². The zero-order valence-corrected chi connectivity index (χ0v) is 15.8. The normalized spacial score (nSPS) is 14.5. The molecule has 2 heterocycles. The topological polar surface area (TPSA) is 66.5 Å². The SMILES string of the molecule is O=C(CN1C(=O)Cc2ccccc2C1=O)NC(c1ccccc1)c1cccs1. The highest BCUT2D eigenvalue weighted by Gasteiger charge is 2.32. The largest absolute Gasteiger partial charge is 0.343 e. The number of carbonyl (C=O) groups is 3. The van der Waals surface area contributed by atoms with Crippen LogP contribution >= 0.6 is 11.3 Å². The Morgan fingerprint density at radius 2 is 1.75 bits per heavy atom. The van der Waals surface area contributed by atoms with E-state index < -0.39 is 5.91 Å². The summed E-state index contributed by atoms with van der Waals surface area (Å²) in [6, 6.07) is 20.2. The van der Waals surface area contributed by atoms with Crippen molar-refractivity contribution in [2.45, 2.75) is 12.5 Å². The zero-order chi connectivity index (χ0) is 19.5. The number of fused-ring (bicyclic) bond motifs is 1. The number of hydrogen-bond donors (Lipinski definition) is 1. The Labute approximate surface area is 166 Å². The lowest BCUT2D eigenvalue weighted by molar-refractivity contribution is -0.133. The molecule has 1 aromatic heterocycles. The Morgan fingerprint density at radius 1 is 1.00 bits per heavy atom. The van der Waals surface area contributed by atoms with E-state index in [4.69, 9.17) is 0 Å². The number of benzene rings is 2. The zero-order valence-electron chi connectivity index (χ0n) is 15.0. The van der Waals surface area contributed by atoms with Crippen LogP contribution in [-0.2, 0) is 16.0 Å². The minimum atomic E-state index is -0.422. The standard InChI is InChI=1S/C22H18N2O3S/c25-19(14-24-20(26)13-16-9-4-5-10-17(16)22(24)27)23-21(18-11-6-12-28-18)15-7-2-1-3-8-15/h1-12,21H,13-14H2,(H,23,25). The molecule has 6 heteroatoms. The number of nitrogens with one attached hydrogen (secondary N) is 1. The van der Waals surface area contributed by atoms with E-state index in [-0.39, 0.29) is 30.8 Å². The predicted octanol–water partition coefficient (Wildman–Crippen LogP) is 3.18. The van der Waals surface area contributed by atoms with Gasteiger partial charge in [-0.2, -0.15) is 0 Å². The predicted molar refractivity (Wildman–Crippen MR) is 107 cm³/mol. The molecule has 0 saturated heterocycles. The van der Waals surface area contributed by atoms with E-state index >= 15 is 0 Å². The van der Waals surface area contributed by atoms with Crippen molar-refractivity contribution in [2.24, 2.45) is 0 Å². The molecule has 1 aliphatic rings. The average Bonchev–Trinajstić information content (AvgIpc) is 3.24. The number of carbonyl (C=O) groups excluding carboxylic acids is 3. The van der Waals surface area contributed by atoms with E-state index in [0.717, 1.165) is 15.3 Å². The second-order valence-electron chi connectivity index (χ2n) is 6.55. The summed E-state index contributed by atoms with van der Waals surface area (Å²) in [4.78, 5) is 39.9. The summed E-state index contributed by atoms with van der Waals surface area (Å²) < 4.78 is 0. The Bertz CT molecular complexity index is 1020. The number of imide groups is 1. The van der Waals surface area contributed by atoms with Crippen molar-refractivity contribution >= 4 is 29.1 Å². The molecular formula is C22H18N2O3S. The minimum Gasteiger partial charge on any atom is -0.343 e. The van der Waals surface area contributed by atoms with Crippen molar-refractivity contribution in [3.8, 4) is 0 Å². The van der Waals surface area contributed by atoms with Crippen LogP contribution in [0.25, 0.3) is 0 Å². The summed E-state index contributed by atoms with van der Waals surface area (Å²) in [7, 11) is 0. The maximum absolute atomic E-state index is 12.7. The molecule has 0 bridgehead atoms. The fourth-order valence-electron chi connectivity index (χ4n) is 3.33. The van der Waals surface area contributed by atoms with Crippen LogP contribution < -0.4 is 5.32 Å². The molecule has 1 N–H and O–H groups in total. The van der Waals surface area contributed by atoms with Gasteiger partial charge < -0.3 is 5.32 Å². The van der Waals surface area contributed by atoms with Gasteiger partial charge in [-0.15, -0.1) is 11.3 Å². The van der Waals surface area contributed by atoms with E-state index in [0.29, 0.717) is 11.1 Å². The summed E-state index contributed by atoms with van der Waals surface area (Å²) in [5.74, 6) is -1.15. The molecule has 0 aliphatic carbocycles. The molecule has 1 unspecified atom stereocenters. The third-order valence-electron chi connectivity index (χ3n) is 4.70. The van der Waals surface area contributed by atoms with Gasteiger partial charge in [-0.1, -0.05) is 54.6 Å². The van der Waals surface area contributed by atoms with E-state index in [1.807, 2.05) is 47.8 Å². The van der Waals surface area contributed by atoms with Crippen molar-refractivity contribution in [1.29, 1.82) is 0 Å². The van der Waals surface area contributed by atoms with Gasteiger partial charge in [-0.25, -0.2) is 0 Å². The molecule has 1 atom stereocenters. The average molecular weight is 390 g/mol. The van der Waals surface area contributed by atoms with E-state index in [9.17, 15) is 14.4 Å². The molecule has 3 aromatic rings. The Balaban J connectivity index is 1.53. The van der Waals surface area contributed by atoms with Crippen LogP contribution in [0.2, 0.25) is 0 Å². The lowest BCUT2D eigenvalue weighted by Crippen LogP contribution is -2.48. The van der Waals surface area contributed by atoms with Gasteiger partial charge in [0.05, 0.1) is 12.5 Å². The first-order valence-electron chi connectivity index (χ1n) is 8.94. The van der Waals surface area contributed by atoms with Crippen LogP contribution in [0.4, 0.5) is 0 Å². The summed E-state index contributed by atoms with van der Waals surface area (Å²) in [6.45, 7) is -0.291. The third kappa shape index (κ3) is 3.59. The molecule has 3 amide bonds. The van der Waals surface area contributed by atoms with Gasteiger partial charge in [-0.3, -0.25) is 19.3 Å². The second kappa shape index (κ2) is 7.78. The Kier molecular flexibility index (Phi) is 5.04. The fraction of sp³-hybridized carbons (Fsp3) is 0.136. The molecule has 0 spiro atoms. The first-order chi connectivity index (χ1) is 13.6. The highest BCUT2D eigenvalue weighted by Crippen LogP contribution is 2.26. The lowest BCUT2D eigenvalue weighted by Gasteiger charge is -2.27. The number of nitrogens with zero attached hydrogens (tertiary/aromatic N) is 1. The van der Waals surface area contributed by atoms with Crippen LogP contribution in [0.3, 0.4) is 0 Å². The van der Waals surface area contributed by atoms with Crippen LogP contribution in [0, 0.1) is 0 Å². The van der Waals surface area contributed by atoms with Gasteiger partial charge in [0.1, 0.15) is 6.54 Å². The third-order valence-corrected chi connectivity index (χ3v) is 5.64. The molecule has 0 radical (unpaired) electrons. The van der Waals surface area contributed by atoms with Crippen molar-refractivity contribution in [2.75, 3.05) is 6.54 Å². The number of amides is 3. The van der Waals surface area contributed by atoms with Gasteiger partial charge in [0.2, 0.25) is 11.8 Å². The first kappa shape index (κ1) is 18.1.